The molecule has 0 spiro atoms. The van der Waals surface area contributed by atoms with Crippen molar-refractivity contribution in [1.29, 1.82) is 0 Å². The lowest BCUT2D eigenvalue weighted by atomic mass is 10.1. The highest BCUT2D eigenvalue weighted by molar-refractivity contribution is 5.98. The highest BCUT2D eigenvalue weighted by Gasteiger charge is 2.17. The van der Waals surface area contributed by atoms with Crippen LogP contribution in [0.1, 0.15) is 0 Å². The first kappa shape index (κ1) is 18.6. The molecule has 1 fully saturated rings. The van der Waals surface area contributed by atoms with E-state index in [2.05, 4.69) is 30.6 Å². The third-order valence-corrected chi connectivity index (χ3v) is 5.33. The van der Waals surface area contributed by atoms with Gasteiger partial charge in [0.25, 0.3) is 0 Å². The predicted octanol–water partition coefficient (Wildman–Crippen LogP) is 2.82. The number of anilines is 3. The largest absolute Gasteiger partial charge is 0.496 e. The van der Waals surface area contributed by atoms with Crippen LogP contribution in [0.2, 0.25) is 0 Å². The van der Waals surface area contributed by atoms with Gasteiger partial charge in [-0.3, -0.25) is 4.68 Å². The molecular formula is C21H22FN7O. The van der Waals surface area contributed by atoms with Crippen LogP contribution in [0.25, 0.3) is 21.8 Å². The number of nitrogens with zero attached hydrogens (tertiary/aromatic N) is 5. The molecule has 0 saturated carbocycles. The van der Waals surface area contributed by atoms with Crippen molar-refractivity contribution in [3.63, 3.8) is 0 Å². The number of hydrogen-bond donors (Lipinski definition) is 2. The van der Waals surface area contributed by atoms with Gasteiger partial charge in [-0.15, -0.1) is 0 Å². The summed E-state index contributed by atoms with van der Waals surface area (Å²) in [7, 11) is 3.40. The van der Waals surface area contributed by atoms with Crippen molar-refractivity contribution < 1.29 is 9.13 Å². The Bertz CT molecular complexity index is 1230. The Labute approximate surface area is 172 Å². The summed E-state index contributed by atoms with van der Waals surface area (Å²) in [5.41, 5.74) is 2.76. The summed E-state index contributed by atoms with van der Waals surface area (Å²) in [4.78, 5) is 11.2. The molecular weight excluding hydrogens is 385 g/mol. The quantitative estimate of drug-likeness (QED) is 0.538. The Morgan fingerprint density at radius 2 is 1.97 bits per heavy atom. The minimum atomic E-state index is -0.387. The maximum Gasteiger partial charge on any atom is 0.153 e. The van der Waals surface area contributed by atoms with Crippen LogP contribution >= 0.6 is 0 Å². The van der Waals surface area contributed by atoms with E-state index in [4.69, 9.17) is 4.74 Å². The van der Waals surface area contributed by atoms with E-state index in [1.54, 1.807) is 25.0 Å². The third kappa shape index (κ3) is 3.26. The zero-order chi connectivity index (χ0) is 20.7. The first-order valence-electron chi connectivity index (χ1n) is 9.81. The topological polar surface area (TPSA) is 80.1 Å². The second-order valence-electron chi connectivity index (χ2n) is 7.33. The van der Waals surface area contributed by atoms with Crippen molar-refractivity contribution in [1.82, 2.24) is 25.1 Å². The van der Waals surface area contributed by atoms with Gasteiger partial charge in [0, 0.05) is 62.3 Å². The van der Waals surface area contributed by atoms with Crippen molar-refractivity contribution in [3.05, 3.63) is 42.6 Å². The first-order valence-corrected chi connectivity index (χ1v) is 9.81. The van der Waals surface area contributed by atoms with Gasteiger partial charge in [-0.25, -0.2) is 14.4 Å². The molecule has 0 aliphatic carbocycles. The summed E-state index contributed by atoms with van der Waals surface area (Å²) in [6, 6.07) is 7.32. The SMILES string of the molecule is COc1cc(N2CCNCC2)cc2ncnc(Nc3cc(F)c4nn(C)cc4c3)c12. The molecule has 2 aromatic carbocycles. The molecule has 5 rings (SSSR count). The Kier molecular flexibility index (Phi) is 4.59. The number of nitrogens with one attached hydrogen (secondary N) is 2. The summed E-state index contributed by atoms with van der Waals surface area (Å²) in [6.45, 7) is 3.74. The van der Waals surface area contributed by atoms with Crippen LogP contribution in [0.4, 0.5) is 21.6 Å². The number of aryl methyl sites for hydroxylation is 1. The Morgan fingerprint density at radius 3 is 2.77 bits per heavy atom. The second-order valence-corrected chi connectivity index (χ2v) is 7.33. The van der Waals surface area contributed by atoms with E-state index in [9.17, 15) is 4.39 Å². The summed E-state index contributed by atoms with van der Waals surface area (Å²) < 4.78 is 21.8. The van der Waals surface area contributed by atoms with Gasteiger partial charge in [-0.2, -0.15) is 5.10 Å². The lowest BCUT2D eigenvalue weighted by Gasteiger charge is -2.30. The fraction of sp³-hybridized carbons (Fsp3) is 0.286. The molecule has 1 saturated heterocycles. The number of piperazine rings is 1. The van der Waals surface area contributed by atoms with Gasteiger partial charge in [0.2, 0.25) is 0 Å². The highest BCUT2D eigenvalue weighted by Crippen LogP contribution is 2.36. The Morgan fingerprint density at radius 1 is 1.13 bits per heavy atom. The number of benzene rings is 2. The van der Waals surface area contributed by atoms with Crippen molar-refractivity contribution >= 4 is 39.0 Å². The van der Waals surface area contributed by atoms with Crippen LogP contribution in [0, 0.1) is 5.82 Å². The normalized spacial score (nSPS) is 14.4. The molecule has 154 valence electrons. The predicted molar refractivity (Wildman–Crippen MR) is 115 cm³/mol. The van der Waals surface area contributed by atoms with Crippen LogP contribution in [0.15, 0.2) is 36.8 Å². The molecule has 1 aliphatic heterocycles. The molecule has 1 aliphatic rings. The summed E-state index contributed by atoms with van der Waals surface area (Å²) in [6.07, 6.45) is 3.28. The lowest BCUT2D eigenvalue weighted by molar-refractivity contribution is 0.419. The highest BCUT2D eigenvalue weighted by atomic mass is 19.1. The van der Waals surface area contributed by atoms with Crippen LogP contribution in [0.5, 0.6) is 5.75 Å². The molecule has 0 radical (unpaired) electrons. The number of rotatable bonds is 4. The van der Waals surface area contributed by atoms with E-state index in [-0.39, 0.29) is 5.82 Å². The summed E-state index contributed by atoms with van der Waals surface area (Å²) in [5, 5.41) is 12.2. The molecule has 8 nitrogen and oxygen atoms in total. The van der Waals surface area contributed by atoms with Crippen molar-refractivity contribution in [3.8, 4) is 5.75 Å². The number of hydrogen-bond acceptors (Lipinski definition) is 7. The minimum Gasteiger partial charge on any atom is -0.496 e. The monoisotopic (exact) mass is 407 g/mol. The average molecular weight is 407 g/mol. The van der Waals surface area contributed by atoms with Crippen LogP contribution < -0.4 is 20.3 Å². The van der Waals surface area contributed by atoms with Crippen LogP contribution in [-0.2, 0) is 7.05 Å². The Balaban J connectivity index is 1.57. The van der Waals surface area contributed by atoms with Crippen LogP contribution in [-0.4, -0.2) is 53.0 Å². The lowest BCUT2D eigenvalue weighted by Crippen LogP contribution is -2.43. The van der Waals surface area contributed by atoms with Crippen LogP contribution in [0.3, 0.4) is 0 Å². The number of ether oxygens (including phenoxy) is 1. The molecule has 0 amide bonds. The van der Waals surface area contributed by atoms with Gasteiger partial charge in [0.1, 0.15) is 23.4 Å². The summed E-state index contributed by atoms with van der Waals surface area (Å²) >= 11 is 0. The first-order chi connectivity index (χ1) is 14.6. The zero-order valence-corrected chi connectivity index (χ0v) is 16.8. The summed E-state index contributed by atoms with van der Waals surface area (Å²) in [5.74, 6) is 0.848. The molecule has 3 heterocycles. The van der Waals surface area contributed by atoms with Gasteiger partial charge in [0.15, 0.2) is 5.82 Å². The van der Waals surface area contributed by atoms with E-state index in [1.807, 2.05) is 18.2 Å². The smallest absolute Gasteiger partial charge is 0.153 e. The molecule has 9 heteroatoms. The molecule has 0 atom stereocenters. The van der Waals surface area contributed by atoms with E-state index < -0.39 is 0 Å². The van der Waals surface area contributed by atoms with Gasteiger partial charge < -0.3 is 20.3 Å². The van der Waals surface area contributed by atoms with Gasteiger partial charge in [-0.05, 0) is 18.2 Å². The van der Waals surface area contributed by atoms with Crippen molar-refractivity contribution in [2.24, 2.45) is 7.05 Å². The standard InChI is InChI=1S/C21H22FN7O/c1-28-11-13-7-14(8-16(22)20(13)27-28)26-21-19-17(24-12-25-21)9-15(10-18(19)30-2)29-5-3-23-4-6-29/h7-12,23H,3-6H2,1-2H3,(H,24,25,26). The van der Waals surface area contributed by atoms with Gasteiger partial charge >= 0.3 is 0 Å². The molecule has 2 N–H and O–H groups in total. The second kappa shape index (κ2) is 7.42. The third-order valence-electron chi connectivity index (χ3n) is 5.33. The van der Waals surface area contributed by atoms with E-state index in [0.29, 0.717) is 28.2 Å². The van der Waals surface area contributed by atoms with E-state index in [1.165, 1.54) is 12.4 Å². The maximum absolute atomic E-state index is 14.5. The van der Waals surface area contributed by atoms with Gasteiger partial charge in [0.05, 0.1) is 18.0 Å². The number of aromatic nitrogens is 4. The number of fused-ring (bicyclic) bond motifs is 2. The number of halogens is 1. The molecule has 0 unspecified atom stereocenters. The fourth-order valence-corrected chi connectivity index (χ4v) is 3.92. The van der Waals surface area contributed by atoms with E-state index >= 15 is 0 Å². The molecule has 0 bridgehead atoms. The molecule has 30 heavy (non-hydrogen) atoms. The van der Waals surface area contributed by atoms with Gasteiger partial charge in [-0.1, -0.05) is 0 Å². The molecule has 4 aromatic rings. The average Bonchev–Trinajstić information content (AvgIpc) is 3.14. The van der Waals surface area contributed by atoms with E-state index in [0.717, 1.165) is 42.8 Å². The van der Waals surface area contributed by atoms with Crippen molar-refractivity contribution in [2.45, 2.75) is 0 Å². The number of methoxy groups -OCH3 is 1. The maximum atomic E-state index is 14.5. The van der Waals surface area contributed by atoms with Crippen molar-refractivity contribution in [2.75, 3.05) is 43.5 Å². The fourth-order valence-electron chi connectivity index (χ4n) is 3.92. The zero-order valence-electron chi connectivity index (χ0n) is 16.8. The Hall–Kier alpha value is -3.46. The minimum absolute atomic E-state index is 0.342. The molecule has 2 aromatic heterocycles.